The first-order valence-corrected chi connectivity index (χ1v) is 4.34. The number of hydrogen-bond acceptors (Lipinski definition) is 2. The second-order valence-corrected chi connectivity index (χ2v) is 2.39. The third-order valence-corrected chi connectivity index (χ3v) is 1.55. The fourth-order valence-corrected chi connectivity index (χ4v) is 1.000. The van der Waals surface area contributed by atoms with Gasteiger partial charge in [-0.15, -0.1) is 0 Å². The molecule has 1 N–H and O–H groups in total. The number of hydrogen-bond donors (Lipinski definition) is 1. The highest BCUT2D eigenvalue weighted by Gasteiger charge is 2.00. The van der Waals surface area contributed by atoms with Crippen LogP contribution in [0.2, 0.25) is 0 Å². The molecule has 1 rings (SSSR count). The minimum absolute atomic E-state index is 1.16. The molecule has 10 heavy (non-hydrogen) atoms. The Bertz CT molecular complexity index is 56.3. The molecule has 0 saturated carbocycles. The molecule has 1 aliphatic heterocycles. The Kier molecular flexibility index (Phi) is 6.98. The Morgan fingerprint density at radius 1 is 1.10 bits per heavy atom. The minimum atomic E-state index is 1.16. The molecule has 0 unspecified atom stereocenters. The summed E-state index contributed by atoms with van der Waals surface area (Å²) in [6.45, 7) is 6.37. The van der Waals surface area contributed by atoms with Crippen molar-refractivity contribution < 1.29 is 0 Å². The number of hydrazine groups is 1. The Balaban J connectivity index is 0.000000371. The van der Waals surface area contributed by atoms with Gasteiger partial charge in [0.15, 0.2) is 0 Å². The quantitative estimate of drug-likeness (QED) is 0.556. The van der Waals surface area contributed by atoms with E-state index in [1.165, 1.54) is 25.8 Å². The molecular formula is C8H20N2. The van der Waals surface area contributed by atoms with Crippen LogP contribution in [-0.4, -0.2) is 25.1 Å². The standard InChI is InChI=1S/C6H14N2.C2H6/c1-8-6-4-2-3-5-7-8;1-2/h7H,2-6H2,1H3;1-2H3. The van der Waals surface area contributed by atoms with E-state index in [1.54, 1.807) is 0 Å². The lowest BCUT2D eigenvalue weighted by Gasteiger charge is -2.12. The molecular weight excluding hydrogens is 124 g/mol. The minimum Gasteiger partial charge on any atom is -0.255 e. The Labute approximate surface area is 64.6 Å². The summed E-state index contributed by atoms with van der Waals surface area (Å²) in [6, 6.07) is 0. The van der Waals surface area contributed by atoms with E-state index in [4.69, 9.17) is 0 Å². The van der Waals surface area contributed by atoms with Gasteiger partial charge in [-0.05, 0) is 12.8 Å². The lowest BCUT2D eigenvalue weighted by Crippen LogP contribution is -2.33. The number of nitrogens with zero attached hydrogens (tertiary/aromatic N) is 1. The van der Waals surface area contributed by atoms with Crippen LogP contribution in [0.1, 0.15) is 33.1 Å². The lowest BCUT2D eigenvalue weighted by atomic mass is 10.2. The van der Waals surface area contributed by atoms with Gasteiger partial charge >= 0.3 is 0 Å². The summed E-state index contributed by atoms with van der Waals surface area (Å²) in [5, 5.41) is 2.17. The molecule has 0 aromatic rings. The topological polar surface area (TPSA) is 15.3 Å². The van der Waals surface area contributed by atoms with E-state index in [1.807, 2.05) is 13.8 Å². The molecule has 0 aromatic heterocycles. The second kappa shape index (κ2) is 7.03. The SMILES string of the molecule is CC.CN1CCCCCN1. The van der Waals surface area contributed by atoms with Crippen molar-refractivity contribution in [1.29, 1.82) is 0 Å². The van der Waals surface area contributed by atoms with Crippen molar-refractivity contribution in [2.24, 2.45) is 0 Å². The van der Waals surface area contributed by atoms with Crippen LogP contribution in [0.5, 0.6) is 0 Å². The van der Waals surface area contributed by atoms with Crippen molar-refractivity contribution in [2.45, 2.75) is 33.1 Å². The summed E-state index contributed by atoms with van der Waals surface area (Å²) in [6.07, 6.45) is 4.07. The molecule has 1 fully saturated rings. The molecule has 0 bridgehead atoms. The highest BCUT2D eigenvalue weighted by atomic mass is 15.5. The van der Waals surface area contributed by atoms with E-state index in [0.717, 1.165) is 6.54 Å². The molecule has 0 atom stereocenters. The van der Waals surface area contributed by atoms with Crippen molar-refractivity contribution in [1.82, 2.24) is 10.4 Å². The van der Waals surface area contributed by atoms with E-state index < -0.39 is 0 Å². The summed E-state index contributed by atoms with van der Waals surface area (Å²) in [5.74, 6) is 0. The van der Waals surface area contributed by atoms with Gasteiger partial charge < -0.3 is 0 Å². The largest absolute Gasteiger partial charge is 0.255 e. The first-order chi connectivity index (χ1) is 4.89. The van der Waals surface area contributed by atoms with E-state index in [0.29, 0.717) is 0 Å². The molecule has 0 radical (unpaired) electrons. The van der Waals surface area contributed by atoms with Gasteiger partial charge in [-0.1, -0.05) is 20.3 Å². The van der Waals surface area contributed by atoms with E-state index in [9.17, 15) is 0 Å². The molecule has 2 heteroatoms. The normalized spacial score (nSPS) is 20.7. The van der Waals surface area contributed by atoms with Gasteiger partial charge in [-0.25, -0.2) is 5.01 Å². The van der Waals surface area contributed by atoms with Gasteiger partial charge in [0.1, 0.15) is 0 Å². The van der Waals surface area contributed by atoms with Crippen LogP contribution in [0.4, 0.5) is 0 Å². The summed E-state index contributed by atoms with van der Waals surface area (Å²) in [4.78, 5) is 0. The second-order valence-electron chi connectivity index (χ2n) is 2.39. The Morgan fingerprint density at radius 3 is 2.50 bits per heavy atom. The molecule has 0 amide bonds. The predicted octanol–water partition coefficient (Wildman–Crippen LogP) is 1.63. The van der Waals surface area contributed by atoms with Gasteiger partial charge in [0, 0.05) is 20.1 Å². The molecule has 1 saturated heterocycles. The highest BCUT2D eigenvalue weighted by Crippen LogP contribution is 1.98. The third-order valence-electron chi connectivity index (χ3n) is 1.55. The highest BCUT2D eigenvalue weighted by molar-refractivity contribution is 4.53. The van der Waals surface area contributed by atoms with Gasteiger partial charge in [0.05, 0.1) is 0 Å². The average molecular weight is 144 g/mol. The van der Waals surface area contributed by atoms with Crippen LogP contribution in [0.3, 0.4) is 0 Å². The van der Waals surface area contributed by atoms with Crippen molar-refractivity contribution >= 4 is 0 Å². The van der Waals surface area contributed by atoms with Gasteiger partial charge in [-0.3, -0.25) is 5.43 Å². The third kappa shape index (κ3) is 4.77. The van der Waals surface area contributed by atoms with Gasteiger partial charge in [-0.2, -0.15) is 0 Å². The lowest BCUT2D eigenvalue weighted by molar-refractivity contribution is 0.253. The van der Waals surface area contributed by atoms with Crippen molar-refractivity contribution in [3.05, 3.63) is 0 Å². The van der Waals surface area contributed by atoms with E-state index in [-0.39, 0.29) is 0 Å². The fraction of sp³-hybridized carbons (Fsp3) is 1.00. The van der Waals surface area contributed by atoms with Crippen LogP contribution < -0.4 is 5.43 Å². The molecule has 0 aliphatic carbocycles. The molecule has 62 valence electrons. The molecule has 1 heterocycles. The van der Waals surface area contributed by atoms with E-state index in [2.05, 4.69) is 17.5 Å². The zero-order chi connectivity index (χ0) is 7.82. The molecule has 0 spiro atoms. The Hall–Kier alpha value is -0.0800. The first-order valence-electron chi connectivity index (χ1n) is 4.34. The number of nitrogens with one attached hydrogen (secondary N) is 1. The van der Waals surface area contributed by atoms with E-state index >= 15 is 0 Å². The van der Waals surface area contributed by atoms with Crippen molar-refractivity contribution in [3.8, 4) is 0 Å². The molecule has 0 aromatic carbocycles. The van der Waals surface area contributed by atoms with Crippen LogP contribution >= 0.6 is 0 Å². The summed E-state index contributed by atoms with van der Waals surface area (Å²) in [5.41, 5.74) is 3.28. The van der Waals surface area contributed by atoms with Gasteiger partial charge in [0.2, 0.25) is 0 Å². The fourth-order valence-electron chi connectivity index (χ4n) is 1.000. The molecule has 2 nitrogen and oxygen atoms in total. The average Bonchev–Trinajstić information content (AvgIpc) is 2.21. The van der Waals surface area contributed by atoms with Crippen molar-refractivity contribution in [2.75, 3.05) is 20.1 Å². The monoisotopic (exact) mass is 144 g/mol. The smallest absolute Gasteiger partial charge is 0.0127 e. The summed E-state index contributed by atoms with van der Waals surface area (Å²) in [7, 11) is 2.10. The van der Waals surface area contributed by atoms with Crippen LogP contribution in [-0.2, 0) is 0 Å². The van der Waals surface area contributed by atoms with Crippen LogP contribution in [0, 0.1) is 0 Å². The first kappa shape index (κ1) is 9.92. The van der Waals surface area contributed by atoms with Crippen LogP contribution in [0.25, 0.3) is 0 Å². The zero-order valence-corrected chi connectivity index (χ0v) is 7.48. The molecule has 1 aliphatic rings. The zero-order valence-electron chi connectivity index (χ0n) is 7.48. The van der Waals surface area contributed by atoms with Crippen molar-refractivity contribution in [3.63, 3.8) is 0 Å². The summed E-state index contributed by atoms with van der Waals surface area (Å²) < 4.78 is 0. The Morgan fingerprint density at radius 2 is 1.80 bits per heavy atom. The predicted molar refractivity (Wildman–Crippen MR) is 45.8 cm³/mol. The maximum absolute atomic E-state index is 3.28. The van der Waals surface area contributed by atoms with Crippen LogP contribution in [0.15, 0.2) is 0 Å². The maximum Gasteiger partial charge on any atom is 0.0127 e. The maximum atomic E-state index is 3.28. The van der Waals surface area contributed by atoms with Gasteiger partial charge in [0.25, 0.3) is 0 Å². The summed E-state index contributed by atoms with van der Waals surface area (Å²) >= 11 is 0. The number of rotatable bonds is 0.